The third-order valence-corrected chi connectivity index (χ3v) is 5.52. The van der Waals surface area contributed by atoms with Gasteiger partial charge in [-0.3, -0.25) is 0 Å². The minimum atomic E-state index is 0.384. The van der Waals surface area contributed by atoms with Crippen molar-refractivity contribution in [3.8, 4) is 0 Å². The summed E-state index contributed by atoms with van der Waals surface area (Å²) in [5.41, 5.74) is 1.20. The van der Waals surface area contributed by atoms with E-state index in [2.05, 4.69) is 48.3 Å². The maximum atomic E-state index is 6.32. The third-order valence-electron chi connectivity index (χ3n) is 3.86. The zero-order chi connectivity index (χ0) is 14.0. The zero-order valence-electron chi connectivity index (χ0n) is 11.9. The Bertz CT molecular complexity index is 442. The SMILES string of the molecule is CC(C)CC(C)c1nc(Cl)c(I)c(C2CCCC2)n1. The number of aromatic nitrogens is 2. The van der Waals surface area contributed by atoms with Crippen LogP contribution in [0.3, 0.4) is 0 Å². The van der Waals surface area contributed by atoms with E-state index in [-0.39, 0.29) is 0 Å². The summed E-state index contributed by atoms with van der Waals surface area (Å²) in [5, 5.41) is 0.642. The molecule has 1 fully saturated rings. The molecule has 0 spiro atoms. The fourth-order valence-electron chi connectivity index (χ4n) is 2.96. The molecule has 0 amide bonds. The topological polar surface area (TPSA) is 25.8 Å². The van der Waals surface area contributed by atoms with E-state index >= 15 is 0 Å². The molecule has 1 aromatic heterocycles. The summed E-state index contributed by atoms with van der Waals surface area (Å²) >= 11 is 8.62. The van der Waals surface area contributed by atoms with Gasteiger partial charge in [-0.1, -0.05) is 45.2 Å². The minimum Gasteiger partial charge on any atom is -0.236 e. The van der Waals surface area contributed by atoms with Gasteiger partial charge in [-0.25, -0.2) is 9.97 Å². The second-order valence-corrected chi connectivity index (χ2v) is 7.52. The zero-order valence-corrected chi connectivity index (χ0v) is 14.8. The molecule has 1 atom stereocenters. The molecule has 2 rings (SSSR count). The summed E-state index contributed by atoms with van der Waals surface area (Å²) < 4.78 is 1.06. The van der Waals surface area contributed by atoms with Crippen molar-refractivity contribution in [1.82, 2.24) is 9.97 Å². The van der Waals surface area contributed by atoms with Crippen LogP contribution >= 0.6 is 34.2 Å². The Morgan fingerprint density at radius 3 is 2.42 bits per heavy atom. The minimum absolute atomic E-state index is 0.384. The Hall–Kier alpha value is 0.1000. The first-order chi connectivity index (χ1) is 8.99. The Kier molecular flexibility index (Phi) is 5.46. The fraction of sp³-hybridized carbons (Fsp3) is 0.733. The monoisotopic (exact) mass is 392 g/mol. The second-order valence-electron chi connectivity index (χ2n) is 6.08. The van der Waals surface area contributed by atoms with Gasteiger partial charge in [-0.15, -0.1) is 0 Å². The first-order valence-corrected chi connectivity index (χ1v) is 8.67. The lowest BCUT2D eigenvalue weighted by molar-refractivity contribution is 0.503. The summed E-state index contributed by atoms with van der Waals surface area (Å²) in [6, 6.07) is 0. The lowest BCUT2D eigenvalue weighted by atomic mass is 9.97. The van der Waals surface area contributed by atoms with Crippen molar-refractivity contribution in [3.63, 3.8) is 0 Å². The van der Waals surface area contributed by atoms with Crippen LogP contribution in [-0.4, -0.2) is 9.97 Å². The molecule has 106 valence electrons. The van der Waals surface area contributed by atoms with Crippen molar-refractivity contribution < 1.29 is 0 Å². The molecular formula is C15H22ClIN2. The smallest absolute Gasteiger partial charge is 0.146 e. The second kappa shape index (κ2) is 6.70. The average Bonchev–Trinajstić information content (AvgIpc) is 2.85. The van der Waals surface area contributed by atoms with Gasteiger partial charge in [-0.05, 0) is 47.8 Å². The highest BCUT2D eigenvalue weighted by molar-refractivity contribution is 14.1. The molecule has 2 nitrogen and oxygen atoms in total. The van der Waals surface area contributed by atoms with E-state index in [1.165, 1.54) is 31.4 Å². The van der Waals surface area contributed by atoms with Gasteiger partial charge in [0.05, 0.1) is 9.26 Å². The molecule has 0 N–H and O–H groups in total. The van der Waals surface area contributed by atoms with Crippen LogP contribution in [0, 0.1) is 9.49 Å². The maximum absolute atomic E-state index is 6.32. The normalized spacial score (nSPS) is 18.2. The quantitative estimate of drug-likeness (QED) is 0.496. The van der Waals surface area contributed by atoms with Gasteiger partial charge in [0.2, 0.25) is 0 Å². The molecule has 1 heterocycles. The summed E-state index contributed by atoms with van der Waals surface area (Å²) in [4.78, 5) is 9.37. The molecule has 1 unspecified atom stereocenters. The summed E-state index contributed by atoms with van der Waals surface area (Å²) in [6.07, 6.45) is 6.25. The Balaban J connectivity index is 2.30. The number of hydrogen-bond donors (Lipinski definition) is 0. The van der Waals surface area contributed by atoms with Gasteiger partial charge in [0.1, 0.15) is 11.0 Å². The maximum Gasteiger partial charge on any atom is 0.146 e. The van der Waals surface area contributed by atoms with Gasteiger partial charge >= 0.3 is 0 Å². The van der Waals surface area contributed by atoms with Crippen LogP contribution in [0.25, 0.3) is 0 Å². The largest absolute Gasteiger partial charge is 0.236 e. The molecule has 0 radical (unpaired) electrons. The van der Waals surface area contributed by atoms with Crippen LogP contribution in [0.15, 0.2) is 0 Å². The molecule has 1 saturated carbocycles. The first kappa shape index (κ1) is 15.5. The van der Waals surface area contributed by atoms with Crippen molar-refractivity contribution in [3.05, 3.63) is 20.2 Å². The number of rotatable bonds is 4. The third kappa shape index (κ3) is 3.81. The van der Waals surface area contributed by atoms with Crippen LogP contribution < -0.4 is 0 Å². The van der Waals surface area contributed by atoms with E-state index < -0.39 is 0 Å². The molecular weight excluding hydrogens is 371 g/mol. The van der Waals surface area contributed by atoms with Gasteiger partial charge < -0.3 is 0 Å². The predicted molar refractivity (Wildman–Crippen MR) is 88.8 cm³/mol. The highest BCUT2D eigenvalue weighted by Crippen LogP contribution is 2.37. The Morgan fingerprint density at radius 2 is 1.84 bits per heavy atom. The molecule has 0 bridgehead atoms. The summed E-state index contributed by atoms with van der Waals surface area (Å²) in [5.74, 6) is 2.57. The van der Waals surface area contributed by atoms with E-state index in [0.29, 0.717) is 22.9 Å². The van der Waals surface area contributed by atoms with Gasteiger partial charge in [-0.2, -0.15) is 0 Å². The van der Waals surface area contributed by atoms with Crippen LogP contribution in [-0.2, 0) is 0 Å². The van der Waals surface area contributed by atoms with Gasteiger partial charge in [0.15, 0.2) is 0 Å². The Morgan fingerprint density at radius 1 is 1.21 bits per heavy atom. The van der Waals surface area contributed by atoms with Crippen molar-refractivity contribution in [2.24, 2.45) is 5.92 Å². The van der Waals surface area contributed by atoms with Crippen molar-refractivity contribution in [2.45, 2.75) is 64.7 Å². The van der Waals surface area contributed by atoms with E-state index in [1.54, 1.807) is 0 Å². The van der Waals surface area contributed by atoms with Crippen LogP contribution in [0.1, 0.15) is 76.2 Å². The fourth-order valence-corrected chi connectivity index (χ4v) is 3.82. The molecule has 1 aliphatic carbocycles. The Labute approximate surface area is 134 Å². The van der Waals surface area contributed by atoms with Crippen LogP contribution in [0.4, 0.5) is 0 Å². The molecule has 1 aliphatic rings. The molecule has 1 aromatic rings. The average molecular weight is 393 g/mol. The van der Waals surface area contributed by atoms with Crippen molar-refractivity contribution >= 4 is 34.2 Å². The molecule has 19 heavy (non-hydrogen) atoms. The standard InChI is InChI=1S/C15H22ClIN2/c1-9(2)8-10(3)15-18-13(11-6-4-5-7-11)12(17)14(16)19-15/h9-11H,4-8H2,1-3H3. The number of hydrogen-bond acceptors (Lipinski definition) is 2. The lowest BCUT2D eigenvalue weighted by Crippen LogP contribution is -2.10. The first-order valence-electron chi connectivity index (χ1n) is 7.21. The molecule has 4 heteroatoms. The van der Waals surface area contributed by atoms with Gasteiger partial charge in [0.25, 0.3) is 0 Å². The van der Waals surface area contributed by atoms with E-state index in [1.807, 2.05) is 0 Å². The van der Waals surface area contributed by atoms with E-state index in [4.69, 9.17) is 16.6 Å². The van der Waals surface area contributed by atoms with Gasteiger partial charge in [0, 0.05) is 11.8 Å². The molecule has 0 saturated heterocycles. The van der Waals surface area contributed by atoms with E-state index in [0.717, 1.165) is 15.8 Å². The lowest BCUT2D eigenvalue weighted by Gasteiger charge is -2.17. The highest BCUT2D eigenvalue weighted by Gasteiger charge is 2.24. The van der Waals surface area contributed by atoms with Crippen LogP contribution in [0.2, 0.25) is 5.15 Å². The van der Waals surface area contributed by atoms with E-state index in [9.17, 15) is 0 Å². The number of halogens is 2. The number of nitrogens with zero attached hydrogens (tertiary/aromatic N) is 2. The summed E-state index contributed by atoms with van der Waals surface area (Å²) in [6.45, 7) is 6.68. The highest BCUT2D eigenvalue weighted by atomic mass is 127. The summed E-state index contributed by atoms with van der Waals surface area (Å²) in [7, 11) is 0. The molecule has 0 aliphatic heterocycles. The van der Waals surface area contributed by atoms with Crippen molar-refractivity contribution in [1.29, 1.82) is 0 Å². The van der Waals surface area contributed by atoms with Crippen molar-refractivity contribution in [2.75, 3.05) is 0 Å². The van der Waals surface area contributed by atoms with Crippen LogP contribution in [0.5, 0.6) is 0 Å². The predicted octanol–water partition coefficient (Wildman–Crippen LogP) is 5.54. The molecule has 0 aromatic carbocycles.